The fraction of sp³-hybridized carbons (Fsp3) is 0.200. The molecule has 8 nitrogen and oxygen atoms in total. The minimum Gasteiger partial charge on any atom is -0.377 e. The summed E-state index contributed by atoms with van der Waals surface area (Å²) in [4.78, 5) is 55.1. The van der Waals surface area contributed by atoms with Crippen LogP contribution in [0.4, 0.5) is 0 Å². The summed E-state index contributed by atoms with van der Waals surface area (Å²) < 4.78 is 5.38. The third-order valence-corrected chi connectivity index (χ3v) is 4.54. The van der Waals surface area contributed by atoms with E-state index in [1.807, 2.05) is 0 Å². The number of hydrogen-bond acceptors (Lipinski definition) is 6. The number of nitrogens with zero attached hydrogens (tertiary/aromatic N) is 2. The minimum absolute atomic E-state index is 0.0203. The summed E-state index contributed by atoms with van der Waals surface area (Å²) in [7, 11) is 0. The van der Waals surface area contributed by atoms with Crippen molar-refractivity contribution in [3.63, 3.8) is 0 Å². The summed E-state index contributed by atoms with van der Waals surface area (Å²) >= 11 is 0. The number of benzene rings is 2. The van der Waals surface area contributed by atoms with E-state index < -0.39 is 11.8 Å². The van der Waals surface area contributed by atoms with E-state index in [-0.39, 0.29) is 38.2 Å². The zero-order valence-electron chi connectivity index (χ0n) is 14.8. The summed E-state index contributed by atoms with van der Waals surface area (Å²) in [5.74, 6) is -1.70. The molecule has 8 heteroatoms. The van der Waals surface area contributed by atoms with Crippen molar-refractivity contribution >= 4 is 23.6 Å². The van der Waals surface area contributed by atoms with Crippen LogP contribution in [-0.2, 0) is 9.57 Å². The van der Waals surface area contributed by atoms with Crippen LogP contribution in [-0.4, -0.2) is 60.0 Å². The van der Waals surface area contributed by atoms with E-state index in [9.17, 15) is 19.2 Å². The Kier molecular flexibility index (Phi) is 4.72. The molecular weight excluding hydrogens is 364 g/mol. The lowest BCUT2D eigenvalue weighted by Crippen LogP contribution is -2.34. The molecule has 0 N–H and O–H groups in total. The van der Waals surface area contributed by atoms with Gasteiger partial charge in [0.1, 0.15) is 0 Å². The first kappa shape index (κ1) is 18.0. The predicted octanol–water partition coefficient (Wildman–Crippen LogP) is 1.53. The van der Waals surface area contributed by atoms with Gasteiger partial charge in [-0.1, -0.05) is 24.3 Å². The molecule has 0 saturated carbocycles. The monoisotopic (exact) mass is 380 g/mol. The van der Waals surface area contributed by atoms with Crippen LogP contribution in [0, 0.1) is 0 Å². The third kappa shape index (κ3) is 2.98. The van der Waals surface area contributed by atoms with Crippen molar-refractivity contribution in [2.24, 2.45) is 0 Å². The quantitative estimate of drug-likeness (QED) is 0.534. The Bertz CT molecular complexity index is 837. The number of hydrogen-bond donors (Lipinski definition) is 0. The topological polar surface area (TPSA) is 93.2 Å². The molecule has 2 aromatic rings. The van der Waals surface area contributed by atoms with Crippen molar-refractivity contribution in [3.05, 3.63) is 70.8 Å². The van der Waals surface area contributed by atoms with Gasteiger partial charge >= 0.3 is 0 Å². The minimum atomic E-state index is -0.508. The van der Waals surface area contributed by atoms with Gasteiger partial charge < -0.3 is 4.74 Å². The maximum absolute atomic E-state index is 12.2. The first-order chi connectivity index (χ1) is 13.6. The van der Waals surface area contributed by atoms with Crippen molar-refractivity contribution in [1.29, 1.82) is 0 Å². The van der Waals surface area contributed by atoms with Crippen LogP contribution in [0.25, 0.3) is 0 Å². The average molecular weight is 380 g/mol. The molecule has 0 atom stereocenters. The Morgan fingerprint density at radius 3 is 1.57 bits per heavy atom. The van der Waals surface area contributed by atoms with Gasteiger partial charge in [-0.25, -0.2) is 0 Å². The molecule has 2 aromatic carbocycles. The standard InChI is InChI=1S/C20H16N2O6/c23-17-13-5-1-2-6-14(13)18(24)21(17)9-10-27-11-12-28-22-19(25)15-7-3-4-8-16(15)20(22)26/h1-8H,9-12H2. The summed E-state index contributed by atoms with van der Waals surface area (Å²) in [5.41, 5.74) is 1.39. The molecule has 28 heavy (non-hydrogen) atoms. The van der Waals surface area contributed by atoms with Crippen LogP contribution in [0.3, 0.4) is 0 Å². The maximum atomic E-state index is 12.2. The molecule has 142 valence electrons. The second-order valence-electron chi connectivity index (χ2n) is 6.20. The zero-order chi connectivity index (χ0) is 19.7. The van der Waals surface area contributed by atoms with Crippen molar-refractivity contribution < 1.29 is 28.8 Å². The molecule has 0 fully saturated rings. The molecule has 0 bridgehead atoms. The number of imide groups is 2. The van der Waals surface area contributed by atoms with Crippen LogP contribution in [0.2, 0.25) is 0 Å². The van der Waals surface area contributed by atoms with E-state index in [2.05, 4.69) is 0 Å². The van der Waals surface area contributed by atoms with Gasteiger partial charge in [-0.2, -0.15) is 0 Å². The molecule has 4 amide bonds. The van der Waals surface area contributed by atoms with Crippen molar-refractivity contribution in [1.82, 2.24) is 9.96 Å². The lowest BCUT2D eigenvalue weighted by Gasteiger charge is -2.15. The van der Waals surface area contributed by atoms with Gasteiger partial charge in [-0.15, -0.1) is 5.06 Å². The maximum Gasteiger partial charge on any atom is 0.285 e. The first-order valence-electron chi connectivity index (χ1n) is 8.73. The number of ether oxygens (including phenoxy) is 1. The third-order valence-electron chi connectivity index (χ3n) is 4.54. The summed E-state index contributed by atoms with van der Waals surface area (Å²) in [6.45, 7) is 0.306. The van der Waals surface area contributed by atoms with Gasteiger partial charge in [0.25, 0.3) is 23.6 Å². The average Bonchev–Trinajstić information content (AvgIpc) is 3.11. The lowest BCUT2D eigenvalue weighted by atomic mass is 10.1. The molecule has 0 aliphatic carbocycles. The highest BCUT2D eigenvalue weighted by Gasteiger charge is 2.36. The van der Waals surface area contributed by atoms with Gasteiger partial charge in [0, 0.05) is 0 Å². The van der Waals surface area contributed by atoms with Crippen LogP contribution >= 0.6 is 0 Å². The predicted molar refractivity (Wildman–Crippen MR) is 95.5 cm³/mol. The van der Waals surface area contributed by atoms with E-state index in [4.69, 9.17) is 9.57 Å². The fourth-order valence-corrected chi connectivity index (χ4v) is 3.17. The van der Waals surface area contributed by atoms with E-state index >= 15 is 0 Å². The van der Waals surface area contributed by atoms with Crippen LogP contribution in [0.5, 0.6) is 0 Å². The molecule has 2 aliphatic heterocycles. The smallest absolute Gasteiger partial charge is 0.285 e. The Balaban J connectivity index is 1.22. The number of rotatable bonds is 7. The van der Waals surface area contributed by atoms with Gasteiger partial charge in [0.05, 0.1) is 48.6 Å². The fourth-order valence-electron chi connectivity index (χ4n) is 3.17. The largest absolute Gasteiger partial charge is 0.377 e. The second-order valence-corrected chi connectivity index (χ2v) is 6.20. The normalized spacial score (nSPS) is 15.4. The highest BCUT2D eigenvalue weighted by molar-refractivity contribution is 6.21. The molecule has 2 aliphatic rings. The molecule has 0 spiro atoms. The lowest BCUT2D eigenvalue weighted by molar-refractivity contribution is -0.106. The van der Waals surface area contributed by atoms with Crippen molar-refractivity contribution in [2.75, 3.05) is 26.4 Å². The Morgan fingerprint density at radius 2 is 1.07 bits per heavy atom. The number of carbonyl (C=O) groups is 4. The highest BCUT2D eigenvalue weighted by Crippen LogP contribution is 2.23. The Labute approximate surface area is 160 Å². The summed E-state index contributed by atoms with van der Waals surface area (Å²) in [6, 6.07) is 13.1. The van der Waals surface area contributed by atoms with E-state index in [1.165, 1.54) is 0 Å². The number of carbonyl (C=O) groups excluding carboxylic acids is 4. The van der Waals surface area contributed by atoms with Gasteiger partial charge in [-0.05, 0) is 24.3 Å². The molecule has 0 unspecified atom stereocenters. The van der Waals surface area contributed by atoms with E-state index in [0.717, 1.165) is 9.96 Å². The molecule has 0 radical (unpaired) electrons. The van der Waals surface area contributed by atoms with Crippen LogP contribution in [0.15, 0.2) is 48.5 Å². The molecule has 0 aromatic heterocycles. The number of hydroxylamine groups is 2. The SMILES string of the molecule is O=C1c2ccccc2C(=O)N1CCOCCON1C(=O)c2ccccc2C1=O. The number of amides is 4. The van der Waals surface area contributed by atoms with Crippen LogP contribution < -0.4 is 0 Å². The van der Waals surface area contributed by atoms with E-state index in [1.54, 1.807) is 48.5 Å². The van der Waals surface area contributed by atoms with Gasteiger partial charge in [-0.3, -0.25) is 28.9 Å². The zero-order valence-corrected chi connectivity index (χ0v) is 14.8. The first-order valence-corrected chi connectivity index (χ1v) is 8.73. The summed E-state index contributed by atoms with van der Waals surface area (Å²) in [5, 5.41) is 0.720. The second kappa shape index (κ2) is 7.34. The van der Waals surface area contributed by atoms with Gasteiger partial charge in [0.2, 0.25) is 0 Å². The van der Waals surface area contributed by atoms with Gasteiger partial charge in [0.15, 0.2) is 0 Å². The molecular formula is C20H16N2O6. The number of fused-ring (bicyclic) bond motifs is 2. The Morgan fingerprint density at radius 1 is 0.607 bits per heavy atom. The Hall–Kier alpha value is -3.36. The molecule has 4 rings (SSSR count). The molecule has 0 saturated heterocycles. The van der Waals surface area contributed by atoms with Crippen molar-refractivity contribution in [3.8, 4) is 0 Å². The molecule has 2 heterocycles. The van der Waals surface area contributed by atoms with Crippen LogP contribution in [0.1, 0.15) is 41.4 Å². The highest BCUT2D eigenvalue weighted by atomic mass is 16.7. The van der Waals surface area contributed by atoms with Crippen molar-refractivity contribution in [2.45, 2.75) is 0 Å². The van der Waals surface area contributed by atoms with E-state index in [0.29, 0.717) is 22.3 Å². The summed E-state index contributed by atoms with van der Waals surface area (Å²) in [6.07, 6.45) is 0.